The molecule has 0 saturated heterocycles. The average Bonchev–Trinajstić information content (AvgIpc) is 2.87. The van der Waals surface area contributed by atoms with E-state index in [0.29, 0.717) is 3.95 Å². The maximum absolute atomic E-state index is 12.8. The molecule has 1 aromatic carbocycles. The van der Waals surface area contributed by atoms with Crippen molar-refractivity contribution < 1.29 is 24.5 Å². The van der Waals surface area contributed by atoms with Crippen molar-refractivity contribution in [1.29, 1.82) is 5.41 Å². The van der Waals surface area contributed by atoms with Crippen molar-refractivity contribution in [2.24, 2.45) is 0 Å². The van der Waals surface area contributed by atoms with Crippen LogP contribution in [0.1, 0.15) is 28.1 Å². The Balaban J connectivity index is 1.97. The molecule has 1 aromatic heterocycles. The summed E-state index contributed by atoms with van der Waals surface area (Å²) in [6.07, 6.45) is 1.53. The monoisotopic (exact) mass is 458 g/mol. The molecular weight excluding hydrogens is 447 g/mol. The second kappa shape index (κ2) is 8.04. The van der Waals surface area contributed by atoms with Gasteiger partial charge in [-0.15, -0.1) is 11.3 Å². The molecule has 0 saturated carbocycles. The molecule has 1 aliphatic heterocycles. The predicted octanol–water partition coefficient (Wildman–Crippen LogP) is 4.79. The first kappa shape index (κ1) is 20.5. The van der Waals surface area contributed by atoms with E-state index in [1.807, 2.05) is 0 Å². The number of ketones is 1. The lowest BCUT2D eigenvalue weighted by atomic mass is 9.99. The molecule has 0 spiro atoms. The number of carboxylic acids is 1. The first-order chi connectivity index (χ1) is 13.2. The fraction of sp³-hybridized carbons (Fsp3) is 0.176. The van der Waals surface area contributed by atoms with Gasteiger partial charge in [0.15, 0.2) is 9.70 Å². The van der Waals surface area contributed by atoms with E-state index in [0.717, 1.165) is 11.3 Å². The Hall–Kier alpha value is -2.20. The molecule has 2 aromatic rings. The van der Waals surface area contributed by atoms with Gasteiger partial charge in [-0.3, -0.25) is 19.6 Å². The third-order valence-corrected chi connectivity index (χ3v) is 5.77. The van der Waals surface area contributed by atoms with E-state index >= 15 is 0 Å². The second-order valence-corrected chi connectivity index (χ2v) is 8.31. The number of carbonyl (C=O) groups excluding carboxylic acids is 1. The van der Waals surface area contributed by atoms with Crippen molar-refractivity contribution in [2.45, 2.75) is 19.4 Å². The van der Waals surface area contributed by atoms with Gasteiger partial charge in [0.25, 0.3) is 0 Å². The molecule has 11 heteroatoms. The molecular formula is C17H12Cl2N2O5S2. The van der Waals surface area contributed by atoms with Gasteiger partial charge in [0.1, 0.15) is 0 Å². The number of rotatable bonds is 5. The van der Waals surface area contributed by atoms with Gasteiger partial charge in [-0.2, -0.15) is 0 Å². The van der Waals surface area contributed by atoms with Gasteiger partial charge in [0.05, 0.1) is 21.0 Å². The molecule has 0 fully saturated rings. The maximum atomic E-state index is 12.8. The van der Waals surface area contributed by atoms with Crippen molar-refractivity contribution in [1.82, 2.24) is 4.57 Å². The highest BCUT2D eigenvalue weighted by molar-refractivity contribution is 7.73. The van der Waals surface area contributed by atoms with E-state index in [-0.39, 0.29) is 57.1 Å². The SMILES string of the molecule is N=C1Oc2c(Cl)cc(Cl)cc2C(=O)/C1=C\c1sc(=S)n(CCCC(=O)O)c1O. The van der Waals surface area contributed by atoms with Crippen LogP contribution < -0.4 is 4.74 Å². The van der Waals surface area contributed by atoms with Gasteiger partial charge in [0, 0.05) is 18.0 Å². The van der Waals surface area contributed by atoms with Crippen LogP contribution in [0, 0.1) is 9.36 Å². The number of Topliss-reactive ketones (excluding diaryl/α,β-unsaturated/α-hetero) is 1. The van der Waals surface area contributed by atoms with Crippen molar-refractivity contribution in [3.05, 3.63) is 42.1 Å². The van der Waals surface area contributed by atoms with Crippen molar-refractivity contribution in [2.75, 3.05) is 0 Å². The minimum atomic E-state index is -0.946. The Morgan fingerprint density at radius 2 is 2.11 bits per heavy atom. The van der Waals surface area contributed by atoms with E-state index < -0.39 is 17.7 Å². The largest absolute Gasteiger partial charge is 0.493 e. The molecule has 146 valence electrons. The van der Waals surface area contributed by atoms with Gasteiger partial charge < -0.3 is 14.9 Å². The minimum absolute atomic E-state index is 0.0568. The number of benzene rings is 1. The molecule has 7 nitrogen and oxygen atoms in total. The van der Waals surface area contributed by atoms with Gasteiger partial charge in [-0.05, 0) is 36.8 Å². The number of aromatic hydroxyl groups is 1. The van der Waals surface area contributed by atoms with E-state index in [9.17, 15) is 14.7 Å². The molecule has 0 amide bonds. The highest BCUT2D eigenvalue weighted by Crippen LogP contribution is 2.38. The Morgan fingerprint density at radius 1 is 1.39 bits per heavy atom. The Bertz CT molecular complexity index is 1100. The van der Waals surface area contributed by atoms with Crippen LogP contribution in [0.2, 0.25) is 10.0 Å². The highest BCUT2D eigenvalue weighted by atomic mass is 35.5. The van der Waals surface area contributed by atoms with Gasteiger partial charge >= 0.3 is 5.97 Å². The third-order valence-electron chi connectivity index (χ3n) is 3.89. The number of hydrogen-bond acceptors (Lipinski definition) is 7. The van der Waals surface area contributed by atoms with Crippen LogP contribution in [-0.2, 0) is 11.3 Å². The van der Waals surface area contributed by atoms with E-state index in [4.69, 9.17) is 50.7 Å². The highest BCUT2D eigenvalue weighted by Gasteiger charge is 2.31. The van der Waals surface area contributed by atoms with Gasteiger partial charge in [-0.25, -0.2) is 0 Å². The summed E-state index contributed by atoms with van der Waals surface area (Å²) in [5.74, 6) is -2.03. The topological polar surface area (TPSA) is 113 Å². The fourth-order valence-electron chi connectivity index (χ4n) is 2.59. The lowest BCUT2D eigenvalue weighted by molar-refractivity contribution is -0.137. The van der Waals surface area contributed by atoms with Crippen LogP contribution in [0.3, 0.4) is 0 Å². The molecule has 0 aliphatic carbocycles. The van der Waals surface area contributed by atoms with Crippen LogP contribution >= 0.6 is 46.8 Å². The molecule has 0 radical (unpaired) electrons. The smallest absolute Gasteiger partial charge is 0.303 e. The number of ether oxygens (including phenoxy) is 1. The van der Waals surface area contributed by atoms with E-state index in [1.165, 1.54) is 22.8 Å². The Morgan fingerprint density at radius 3 is 2.79 bits per heavy atom. The summed E-state index contributed by atoms with van der Waals surface area (Å²) in [6, 6.07) is 2.80. The molecule has 0 atom stereocenters. The molecule has 2 heterocycles. The zero-order valence-corrected chi connectivity index (χ0v) is 17.1. The summed E-state index contributed by atoms with van der Waals surface area (Å²) in [4.78, 5) is 23.7. The first-order valence-electron chi connectivity index (χ1n) is 7.85. The first-order valence-corrected chi connectivity index (χ1v) is 9.83. The number of aromatic nitrogens is 1. The standard InChI is InChI=1S/C17H12Cl2N2O5S2/c18-7-4-8-13(24)9(15(20)26-14(8)10(19)5-7)6-11-16(25)21(17(27)28-11)3-1-2-12(22)23/h4-6,20,25H,1-3H2,(H,22,23)/b9-6+,20-15?. The number of thiazole rings is 1. The number of fused-ring (bicyclic) bond motifs is 1. The summed E-state index contributed by atoms with van der Waals surface area (Å²) >= 11 is 18.2. The zero-order chi connectivity index (χ0) is 20.6. The number of carboxylic acid groups (broad SMARTS) is 1. The molecule has 3 N–H and O–H groups in total. The van der Waals surface area contributed by atoms with E-state index in [1.54, 1.807) is 0 Å². The summed E-state index contributed by atoms with van der Waals surface area (Å²) in [6.45, 7) is 0.215. The second-order valence-electron chi connectivity index (χ2n) is 5.79. The number of hydrogen-bond donors (Lipinski definition) is 3. The van der Waals surface area contributed by atoms with Crippen LogP contribution in [0.25, 0.3) is 6.08 Å². The lowest BCUT2D eigenvalue weighted by Gasteiger charge is -2.20. The number of aliphatic carboxylic acids is 1. The Kier molecular flexibility index (Phi) is 5.90. The molecule has 0 unspecified atom stereocenters. The molecule has 0 bridgehead atoms. The Labute approximate surface area is 177 Å². The molecule has 3 rings (SSSR count). The summed E-state index contributed by atoms with van der Waals surface area (Å²) < 4.78 is 7.07. The summed E-state index contributed by atoms with van der Waals surface area (Å²) in [7, 11) is 0. The van der Waals surface area contributed by atoms with Crippen LogP contribution in [0.15, 0.2) is 17.7 Å². The number of halogens is 2. The molecule has 28 heavy (non-hydrogen) atoms. The summed E-state index contributed by atoms with van der Waals surface area (Å²) in [5.41, 5.74) is 0.0267. The average molecular weight is 459 g/mol. The lowest BCUT2D eigenvalue weighted by Crippen LogP contribution is -2.24. The third kappa shape index (κ3) is 3.97. The van der Waals surface area contributed by atoms with E-state index in [2.05, 4.69) is 0 Å². The van der Waals surface area contributed by atoms with Gasteiger partial charge in [-0.1, -0.05) is 23.2 Å². The zero-order valence-electron chi connectivity index (χ0n) is 14.0. The number of nitrogens with one attached hydrogen (secondary N) is 1. The minimum Gasteiger partial charge on any atom is -0.493 e. The van der Waals surface area contributed by atoms with Gasteiger partial charge in [0.2, 0.25) is 17.6 Å². The van der Waals surface area contributed by atoms with Crippen molar-refractivity contribution in [3.8, 4) is 11.6 Å². The van der Waals surface area contributed by atoms with Crippen LogP contribution in [-0.4, -0.2) is 32.4 Å². The maximum Gasteiger partial charge on any atom is 0.303 e. The quantitative estimate of drug-likeness (QED) is 0.438. The normalized spacial score (nSPS) is 14.9. The van der Waals surface area contributed by atoms with Crippen LogP contribution in [0.5, 0.6) is 11.6 Å². The number of nitrogens with zero attached hydrogens (tertiary/aromatic N) is 1. The molecule has 1 aliphatic rings. The fourth-order valence-corrected chi connectivity index (χ4v) is 4.43. The predicted molar refractivity (Wildman–Crippen MR) is 109 cm³/mol. The van der Waals surface area contributed by atoms with Crippen molar-refractivity contribution in [3.63, 3.8) is 0 Å². The number of carbonyl (C=O) groups is 2. The van der Waals surface area contributed by atoms with Crippen LogP contribution in [0.4, 0.5) is 0 Å². The summed E-state index contributed by atoms with van der Waals surface area (Å²) in [5, 5.41) is 27.5. The van der Waals surface area contributed by atoms with Crippen molar-refractivity contribution >= 4 is 70.5 Å².